The Morgan fingerprint density at radius 3 is 2.59 bits per heavy atom. The van der Waals surface area contributed by atoms with Crippen molar-refractivity contribution < 1.29 is 9.53 Å². The number of para-hydroxylation sites is 1. The van der Waals surface area contributed by atoms with Gasteiger partial charge in [-0.15, -0.1) is 0 Å². The summed E-state index contributed by atoms with van der Waals surface area (Å²) in [4.78, 5) is 29.1. The first-order valence-electron chi connectivity index (χ1n) is 8.71. The van der Waals surface area contributed by atoms with E-state index < -0.39 is 11.7 Å². The Morgan fingerprint density at radius 2 is 1.85 bits per heavy atom. The van der Waals surface area contributed by atoms with E-state index in [4.69, 9.17) is 4.74 Å². The normalized spacial score (nSPS) is 10.7. The summed E-state index contributed by atoms with van der Waals surface area (Å²) in [6.07, 6.45) is 0.630. The molecule has 2 amide bonds. The summed E-state index contributed by atoms with van der Waals surface area (Å²) in [6.45, 7) is 2.88. The number of nitrogens with one attached hydrogen (secondary N) is 2. The number of hydrogen-bond donors (Lipinski definition) is 2. The summed E-state index contributed by atoms with van der Waals surface area (Å²) < 4.78 is 6.53. The van der Waals surface area contributed by atoms with Gasteiger partial charge in [0.25, 0.3) is 0 Å². The molecule has 0 fully saturated rings. The second-order valence-corrected chi connectivity index (χ2v) is 6.20. The Balaban J connectivity index is 1.92. The number of carbonyl (C=O) groups is 1. The number of methoxy groups -OCH3 is 1. The van der Waals surface area contributed by atoms with Gasteiger partial charge in [0.2, 0.25) is 0 Å². The third-order valence-corrected chi connectivity index (χ3v) is 4.15. The van der Waals surface area contributed by atoms with Crippen LogP contribution in [0.15, 0.2) is 53.3 Å². The number of urea groups is 1. The van der Waals surface area contributed by atoms with Crippen molar-refractivity contribution in [1.82, 2.24) is 9.55 Å². The van der Waals surface area contributed by atoms with Crippen LogP contribution in [0.3, 0.4) is 0 Å². The average molecular weight is 366 g/mol. The Kier molecular flexibility index (Phi) is 5.83. The zero-order valence-electron chi connectivity index (χ0n) is 15.4. The summed E-state index contributed by atoms with van der Waals surface area (Å²) in [5.41, 5.74) is 1.91. The molecule has 7 nitrogen and oxygen atoms in total. The summed E-state index contributed by atoms with van der Waals surface area (Å²) >= 11 is 0. The summed E-state index contributed by atoms with van der Waals surface area (Å²) in [6, 6.07) is 14.3. The van der Waals surface area contributed by atoms with Gasteiger partial charge in [-0.1, -0.05) is 29.8 Å². The number of ether oxygens (including phenoxy) is 1. The molecule has 7 heteroatoms. The van der Waals surface area contributed by atoms with Gasteiger partial charge in [-0.2, -0.15) is 4.98 Å². The Bertz CT molecular complexity index is 996. The molecule has 140 valence electrons. The number of amides is 2. The lowest BCUT2D eigenvalue weighted by Crippen LogP contribution is -2.30. The van der Waals surface area contributed by atoms with Crippen molar-refractivity contribution in [3.8, 4) is 0 Å². The molecule has 2 aromatic carbocycles. The molecule has 0 aliphatic heterocycles. The lowest BCUT2D eigenvalue weighted by molar-refractivity contribution is 0.190. The van der Waals surface area contributed by atoms with Gasteiger partial charge in [0.05, 0.1) is 5.52 Å². The predicted molar refractivity (Wildman–Crippen MR) is 106 cm³/mol. The van der Waals surface area contributed by atoms with Gasteiger partial charge in [0.15, 0.2) is 0 Å². The molecule has 3 rings (SSSR count). The SMILES string of the molecule is COCCCn1c(NC(=O)Nc2ccc(C)cc2)c2ccccc2nc1=O. The first-order chi connectivity index (χ1) is 13.1. The number of nitrogens with zero attached hydrogens (tertiary/aromatic N) is 2. The fraction of sp³-hybridized carbons (Fsp3) is 0.250. The van der Waals surface area contributed by atoms with Crippen LogP contribution in [0.2, 0.25) is 0 Å². The lowest BCUT2D eigenvalue weighted by atomic mass is 10.2. The maximum absolute atomic E-state index is 12.5. The van der Waals surface area contributed by atoms with Crippen LogP contribution in [-0.4, -0.2) is 29.3 Å². The van der Waals surface area contributed by atoms with E-state index in [0.717, 1.165) is 5.56 Å². The van der Waals surface area contributed by atoms with Crippen molar-refractivity contribution in [3.05, 3.63) is 64.6 Å². The molecule has 0 saturated carbocycles. The molecule has 0 spiro atoms. The number of aryl methyl sites for hydroxylation is 1. The van der Waals surface area contributed by atoms with Crippen LogP contribution in [0.1, 0.15) is 12.0 Å². The summed E-state index contributed by atoms with van der Waals surface area (Å²) in [5.74, 6) is 0.423. The van der Waals surface area contributed by atoms with Crippen molar-refractivity contribution in [2.45, 2.75) is 19.9 Å². The zero-order chi connectivity index (χ0) is 19.2. The van der Waals surface area contributed by atoms with E-state index >= 15 is 0 Å². The quantitative estimate of drug-likeness (QED) is 0.655. The van der Waals surface area contributed by atoms with Crippen molar-refractivity contribution in [2.75, 3.05) is 24.4 Å². The molecular weight excluding hydrogens is 344 g/mol. The molecule has 0 bridgehead atoms. The number of benzene rings is 2. The number of hydrogen-bond acceptors (Lipinski definition) is 4. The average Bonchev–Trinajstić information content (AvgIpc) is 2.66. The van der Waals surface area contributed by atoms with Crippen LogP contribution in [-0.2, 0) is 11.3 Å². The predicted octanol–water partition coefficient (Wildman–Crippen LogP) is 3.39. The van der Waals surface area contributed by atoms with Crippen molar-refractivity contribution >= 4 is 28.4 Å². The van der Waals surface area contributed by atoms with E-state index in [1.807, 2.05) is 43.3 Å². The molecule has 0 unspecified atom stereocenters. The van der Waals surface area contributed by atoms with Crippen LogP contribution in [0.4, 0.5) is 16.3 Å². The van der Waals surface area contributed by atoms with E-state index in [0.29, 0.717) is 42.0 Å². The summed E-state index contributed by atoms with van der Waals surface area (Å²) in [7, 11) is 1.61. The van der Waals surface area contributed by atoms with E-state index in [2.05, 4.69) is 15.6 Å². The van der Waals surface area contributed by atoms with Gasteiger partial charge in [-0.05, 0) is 37.6 Å². The highest BCUT2D eigenvalue weighted by Gasteiger charge is 2.14. The highest BCUT2D eigenvalue weighted by molar-refractivity contribution is 6.04. The molecule has 0 atom stereocenters. The first kappa shape index (κ1) is 18.6. The zero-order valence-corrected chi connectivity index (χ0v) is 15.4. The molecule has 0 aliphatic carbocycles. The van der Waals surface area contributed by atoms with Gasteiger partial charge in [0.1, 0.15) is 5.82 Å². The topological polar surface area (TPSA) is 85.2 Å². The minimum atomic E-state index is -0.421. The lowest BCUT2D eigenvalue weighted by Gasteiger charge is -2.16. The minimum absolute atomic E-state index is 0.394. The van der Waals surface area contributed by atoms with Crippen LogP contribution in [0.25, 0.3) is 10.9 Å². The molecule has 0 radical (unpaired) electrons. The highest BCUT2D eigenvalue weighted by Crippen LogP contribution is 2.20. The molecule has 2 N–H and O–H groups in total. The van der Waals surface area contributed by atoms with Gasteiger partial charge in [0, 0.05) is 31.3 Å². The monoisotopic (exact) mass is 366 g/mol. The third kappa shape index (κ3) is 4.51. The molecule has 27 heavy (non-hydrogen) atoms. The third-order valence-electron chi connectivity index (χ3n) is 4.15. The number of aromatic nitrogens is 2. The molecule has 0 saturated heterocycles. The molecule has 3 aromatic rings. The van der Waals surface area contributed by atoms with Crippen molar-refractivity contribution in [2.24, 2.45) is 0 Å². The second-order valence-electron chi connectivity index (χ2n) is 6.20. The van der Waals surface area contributed by atoms with Gasteiger partial charge >= 0.3 is 11.7 Å². The maximum Gasteiger partial charge on any atom is 0.349 e. The largest absolute Gasteiger partial charge is 0.385 e. The Labute approximate surface area is 157 Å². The number of carbonyl (C=O) groups excluding carboxylic acids is 1. The van der Waals surface area contributed by atoms with E-state index in [-0.39, 0.29) is 0 Å². The van der Waals surface area contributed by atoms with Crippen molar-refractivity contribution in [1.29, 1.82) is 0 Å². The van der Waals surface area contributed by atoms with Gasteiger partial charge in [-0.25, -0.2) is 9.59 Å². The van der Waals surface area contributed by atoms with E-state index in [1.54, 1.807) is 19.2 Å². The maximum atomic E-state index is 12.5. The Morgan fingerprint density at radius 1 is 1.11 bits per heavy atom. The van der Waals surface area contributed by atoms with Crippen LogP contribution < -0.4 is 16.3 Å². The van der Waals surface area contributed by atoms with Crippen LogP contribution in [0, 0.1) is 6.92 Å². The standard InChI is InChI=1S/C20H22N4O3/c1-14-8-10-15(11-9-14)21-19(25)23-18-16-6-3-4-7-17(16)22-20(26)24(18)12-5-13-27-2/h3-4,6-11H,5,12-13H2,1-2H3,(H2,21,23,25). The second kappa shape index (κ2) is 8.46. The van der Waals surface area contributed by atoms with Crippen molar-refractivity contribution in [3.63, 3.8) is 0 Å². The number of rotatable bonds is 6. The minimum Gasteiger partial charge on any atom is -0.385 e. The van der Waals surface area contributed by atoms with Crippen LogP contribution >= 0.6 is 0 Å². The summed E-state index contributed by atoms with van der Waals surface area (Å²) in [5, 5.41) is 6.30. The first-order valence-corrected chi connectivity index (χ1v) is 8.71. The molecule has 1 heterocycles. The van der Waals surface area contributed by atoms with Crippen LogP contribution in [0.5, 0.6) is 0 Å². The fourth-order valence-electron chi connectivity index (χ4n) is 2.79. The fourth-order valence-corrected chi connectivity index (χ4v) is 2.79. The number of fused-ring (bicyclic) bond motifs is 1. The molecule has 1 aromatic heterocycles. The number of anilines is 2. The Hall–Kier alpha value is -3.19. The molecule has 0 aliphatic rings. The smallest absolute Gasteiger partial charge is 0.349 e. The van der Waals surface area contributed by atoms with E-state index in [1.165, 1.54) is 4.57 Å². The van der Waals surface area contributed by atoms with Gasteiger partial charge in [-0.3, -0.25) is 9.88 Å². The molecular formula is C20H22N4O3. The van der Waals surface area contributed by atoms with E-state index in [9.17, 15) is 9.59 Å². The van der Waals surface area contributed by atoms with Gasteiger partial charge < -0.3 is 10.1 Å². The highest BCUT2D eigenvalue weighted by atomic mass is 16.5.